The molecule has 0 unspecified atom stereocenters. The van der Waals surface area contributed by atoms with E-state index in [-0.39, 0.29) is 18.1 Å². The van der Waals surface area contributed by atoms with Gasteiger partial charge in [-0.25, -0.2) is 4.39 Å². The van der Waals surface area contributed by atoms with Crippen LogP contribution in [0.4, 0.5) is 4.39 Å². The number of hydrogen-bond acceptors (Lipinski definition) is 2. The maximum Gasteiger partial charge on any atom is 0.218 e. The van der Waals surface area contributed by atoms with E-state index >= 15 is 0 Å². The monoisotopic (exact) mass is 244 g/mol. The Kier molecular flexibility index (Phi) is 4.71. The van der Waals surface area contributed by atoms with E-state index in [1.165, 1.54) is 6.07 Å². The number of primary amides is 1. The van der Waals surface area contributed by atoms with Crippen LogP contribution in [0.15, 0.2) is 18.2 Å². The zero-order valence-corrected chi connectivity index (χ0v) is 9.80. The van der Waals surface area contributed by atoms with Gasteiger partial charge in [-0.1, -0.05) is 17.7 Å². The molecule has 5 heteroatoms. The highest BCUT2D eigenvalue weighted by atomic mass is 35.5. The van der Waals surface area contributed by atoms with Crippen LogP contribution in [0.3, 0.4) is 0 Å². The minimum Gasteiger partial charge on any atom is -0.370 e. The Morgan fingerprint density at radius 3 is 2.81 bits per heavy atom. The van der Waals surface area contributed by atoms with Gasteiger partial charge in [0.05, 0.1) is 0 Å². The Hall–Kier alpha value is -1.13. The molecule has 16 heavy (non-hydrogen) atoms. The van der Waals surface area contributed by atoms with Crippen LogP contribution in [0, 0.1) is 5.82 Å². The zero-order valence-electron chi connectivity index (χ0n) is 9.04. The Morgan fingerprint density at radius 1 is 1.56 bits per heavy atom. The number of carbonyl (C=O) groups is 1. The van der Waals surface area contributed by atoms with Gasteiger partial charge in [0.25, 0.3) is 0 Å². The van der Waals surface area contributed by atoms with Crippen molar-refractivity contribution in [2.24, 2.45) is 5.73 Å². The van der Waals surface area contributed by atoms with Gasteiger partial charge in [-0.2, -0.15) is 0 Å². The van der Waals surface area contributed by atoms with Crippen molar-refractivity contribution in [3.05, 3.63) is 34.6 Å². The summed E-state index contributed by atoms with van der Waals surface area (Å²) in [6.07, 6.45) is 0.253. The van der Waals surface area contributed by atoms with Crippen molar-refractivity contribution in [2.75, 3.05) is 13.6 Å². The molecule has 0 aliphatic carbocycles. The maximum absolute atomic E-state index is 13.4. The highest BCUT2D eigenvalue weighted by Gasteiger charge is 2.09. The first-order chi connectivity index (χ1) is 7.50. The van der Waals surface area contributed by atoms with Crippen molar-refractivity contribution in [2.45, 2.75) is 13.0 Å². The van der Waals surface area contributed by atoms with Gasteiger partial charge in [0.2, 0.25) is 5.91 Å². The van der Waals surface area contributed by atoms with Gasteiger partial charge < -0.3 is 10.6 Å². The fraction of sp³-hybridized carbons (Fsp3) is 0.364. The van der Waals surface area contributed by atoms with Crippen LogP contribution in [0.25, 0.3) is 0 Å². The van der Waals surface area contributed by atoms with Crippen LogP contribution in [0.2, 0.25) is 5.02 Å². The first-order valence-electron chi connectivity index (χ1n) is 4.90. The second kappa shape index (κ2) is 5.82. The van der Waals surface area contributed by atoms with E-state index in [9.17, 15) is 9.18 Å². The van der Waals surface area contributed by atoms with Gasteiger partial charge in [0.1, 0.15) is 5.82 Å². The summed E-state index contributed by atoms with van der Waals surface area (Å²) in [7, 11) is 1.78. The lowest BCUT2D eigenvalue weighted by Crippen LogP contribution is -2.24. The average Bonchev–Trinajstić information content (AvgIpc) is 2.21. The number of halogens is 2. The molecule has 0 aliphatic heterocycles. The van der Waals surface area contributed by atoms with Gasteiger partial charge in [-0.05, 0) is 19.2 Å². The summed E-state index contributed by atoms with van der Waals surface area (Å²) in [5.74, 6) is -0.704. The van der Waals surface area contributed by atoms with Crippen molar-refractivity contribution in [1.82, 2.24) is 4.90 Å². The molecule has 2 N–H and O–H groups in total. The number of nitrogens with two attached hydrogens (primary N) is 1. The van der Waals surface area contributed by atoms with Gasteiger partial charge in [0, 0.05) is 30.1 Å². The SMILES string of the molecule is CN(CCC(N)=O)Cc1c(F)cccc1Cl. The third-order valence-electron chi connectivity index (χ3n) is 2.23. The van der Waals surface area contributed by atoms with Gasteiger partial charge in [0.15, 0.2) is 0 Å². The molecule has 3 nitrogen and oxygen atoms in total. The molecule has 0 saturated heterocycles. The molecule has 1 amide bonds. The second-order valence-corrected chi connectivity index (χ2v) is 4.06. The lowest BCUT2D eigenvalue weighted by molar-refractivity contribution is -0.118. The standard InChI is InChI=1S/C11H14ClFN2O/c1-15(6-5-11(14)16)7-8-9(12)3-2-4-10(8)13/h2-4H,5-7H2,1H3,(H2,14,16). The van der Waals surface area contributed by atoms with Gasteiger partial charge in [-0.3, -0.25) is 4.79 Å². The fourth-order valence-electron chi connectivity index (χ4n) is 1.33. The molecular formula is C11H14ClFN2O. The van der Waals surface area contributed by atoms with Crippen LogP contribution < -0.4 is 5.73 Å². The van der Waals surface area contributed by atoms with Crippen molar-refractivity contribution < 1.29 is 9.18 Å². The number of hydrogen-bond donors (Lipinski definition) is 1. The Morgan fingerprint density at radius 2 is 2.25 bits per heavy atom. The Labute approximate surface area is 99.0 Å². The molecular weight excluding hydrogens is 231 g/mol. The number of nitrogens with zero attached hydrogens (tertiary/aromatic N) is 1. The van der Waals surface area contributed by atoms with Gasteiger partial charge in [-0.15, -0.1) is 0 Å². The molecule has 1 aromatic carbocycles. The predicted octanol–water partition coefficient (Wildman–Crippen LogP) is 1.79. The molecule has 0 saturated carbocycles. The molecule has 1 rings (SSSR count). The molecule has 0 bridgehead atoms. The van der Waals surface area contributed by atoms with Crippen LogP contribution in [-0.2, 0) is 11.3 Å². The molecule has 0 aliphatic rings. The molecule has 0 radical (unpaired) electrons. The largest absolute Gasteiger partial charge is 0.370 e. The van der Waals surface area contributed by atoms with E-state index in [1.54, 1.807) is 24.1 Å². The average molecular weight is 245 g/mol. The highest BCUT2D eigenvalue weighted by molar-refractivity contribution is 6.31. The van der Waals surface area contributed by atoms with Crippen molar-refractivity contribution in [1.29, 1.82) is 0 Å². The lowest BCUT2D eigenvalue weighted by Gasteiger charge is -2.16. The summed E-state index contributed by atoms with van der Waals surface area (Å²) in [5, 5.41) is 0.394. The topological polar surface area (TPSA) is 46.3 Å². The summed E-state index contributed by atoms with van der Waals surface area (Å²) in [5.41, 5.74) is 5.47. The summed E-state index contributed by atoms with van der Waals surface area (Å²) in [6.45, 7) is 0.846. The predicted molar refractivity (Wildman–Crippen MR) is 61.6 cm³/mol. The van der Waals surface area contributed by atoms with Crippen LogP contribution in [0.1, 0.15) is 12.0 Å². The van der Waals surface area contributed by atoms with Crippen molar-refractivity contribution >= 4 is 17.5 Å². The summed E-state index contributed by atoms with van der Waals surface area (Å²) in [6, 6.07) is 4.57. The molecule has 0 atom stereocenters. The normalized spacial score (nSPS) is 10.8. The molecule has 1 aromatic rings. The van der Waals surface area contributed by atoms with Crippen molar-refractivity contribution in [3.8, 4) is 0 Å². The van der Waals surface area contributed by atoms with E-state index in [0.29, 0.717) is 23.7 Å². The second-order valence-electron chi connectivity index (χ2n) is 3.65. The number of carbonyl (C=O) groups excluding carboxylic acids is 1. The smallest absolute Gasteiger partial charge is 0.218 e. The molecule has 0 heterocycles. The molecule has 0 spiro atoms. The number of amides is 1. The van der Waals surface area contributed by atoms with Crippen molar-refractivity contribution in [3.63, 3.8) is 0 Å². The first-order valence-corrected chi connectivity index (χ1v) is 5.28. The first kappa shape index (κ1) is 12.9. The van der Waals surface area contributed by atoms with E-state index < -0.39 is 0 Å². The third-order valence-corrected chi connectivity index (χ3v) is 2.58. The Bertz CT molecular complexity index is 364. The van der Waals surface area contributed by atoms with E-state index in [2.05, 4.69) is 0 Å². The summed E-state index contributed by atoms with van der Waals surface area (Å²) in [4.78, 5) is 12.4. The minimum atomic E-state index is -0.369. The fourth-order valence-corrected chi connectivity index (χ4v) is 1.56. The van der Waals surface area contributed by atoms with E-state index in [4.69, 9.17) is 17.3 Å². The minimum absolute atomic E-state index is 0.253. The molecule has 88 valence electrons. The summed E-state index contributed by atoms with van der Waals surface area (Å²) >= 11 is 5.88. The third kappa shape index (κ3) is 3.79. The van der Waals surface area contributed by atoms with E-state index in [0.717, 1.165) is 0 Å². The lowest BCUT2D eigenvalue weighted by atomic mass is 10.2. The molecule has 0 fully saturated rings. The Balaban J connectivity index is 2.62. The number of benzene rings is 1. The van der Waals surface area contributed by atoms with Crippen LogP contribution >= 0.6 is 11.6 Å². The highest BCUT2D eigenvalue weighted by Crippen LogP contribution is 2.20. The maximum atomic E-state index is 13.4. The number of rotatable bonds is 5. The van der Waals surface area contributed by atoms with Crippen LogP contribution in [0.5, 0.6) is 0 Å². The van der Waals surface area contributed by atoms with E-state index in [1.807, 2.05) is 0 Å². The van der Waals surface area contributed by atoms with Gasteiger partial charge >= 0.3 is 0 Å². The summed E-state index contributed by atoms with van der Waals surface area (Å²) < 4.78 is 13.4. The zero-order chi connectivity index (χ0) is 12.1. The van der Waals surface area contributed by atoms with Crippen LogP contribution in [-0.4, -0.2) is 24.4 Å². The quantitative estimate of drug-likeness (QED) is 0.858. The molecule has 0 aromatic heterocycles.